The fraction of sp³-hybridized carbons (Fsp3) is 0.562. The third-order valence-corrected chi connectivity index (χ3v) is 4.64. The van der Waals surface area contributed by atoms with Gasteiger partial charge in [0.15, 0.2) is 0 Å². The van der Waals surface area contributed by atoms with Crippen molar-refractivity contribution in [2.24, 2.45) is 11.8 Å². The first-order chi connectivity index (χ1) is 9.67. The van der Waals surface area contributed by atoms with Crippen molar-refractivity contribution in [1.82, 2.24) is 0 Å². The highest BCUT2D eigenvalue weighted by Crippen LogP contribution is 2.45. The Kier molecular flexibility index (Phi) is 3.55. The van der Waals surface area contributed by atoms with Crippen LogP contribution in [0.5, 0.6) is 0 Å². The van der Waals surface area contributed by atoms with Gasteiger partial charge in [-0.2, -0.15) is 0 Å². The number of esters is 1. The van der Waals surface area contributed by atoms with Gasteiger partial charge in [0.1, 0.15) is 0 Å². The molecule has 108 valence electrons. The zero-order valence-electron chi connectivity index (χ0n) is 11.9. The summed E-state index contributed by atoms with van der Waals surface area (Å²) in [5.41, 5.74) is 8.15. The zero-order valence-corrected chi connectivity index (χ0v) is 11.9. The minimum atomic E-state index is -0.288. The van der Waals surface area contributed by atoms with Crippen LogP contribution >= 0.6 is 0 Å². The summed E-state index contributed by atoms with van der Waals surface area (Å²) in [4.78, 5) is 11.8. The van der Waals surface area contributed by atoms with Crippen molar-refractivity contribution in [1.29, 1.82) is 0 Å². The van der Waals surface area contributed by atoms with Crippen molar-refractivity contribution in [2.45, 2.75) is 38.6 Å². The number of fused-ring (bicyclic) bond motifs is 2. The molecule has 0 amide bonds. The first-order valence-electron chi connectivity index (χ1n) is 7.50. The van der Waals surface area contributed by atoms with Crippen LogP contribution in [0.4, 0.5) is 11.4 Å². The highest BCUT2D eigenvalue weighted by molar-refractivity contribution is 5.92. The molecule has 0 spiro atoms. The van der Waals surface area contributed by atoms with E-state index < -0.39 is 0 Å². The van der Waals surface area contributed by atoms with Crippen molar-refractivity contribution < 1.29 is 9.53 Å². The van der Waals surface area contributed by atoms with Crippen molar-refractivity contribution in [3.05, 3.63) is 23.8 Å². The number of nitrogens with two attached hydrogens (primary N) is 1. The second kappa shape index (κ2) is 5.35. The van der Waals surface area contributed by atoms with Crippen molar-refractivity contribution in [3.8, 4) is 0 Å². The molecule has 2 fully saturated rings. The number of nitrogens with one attached hydrogen (secondary N) is 1. The number of carbonyl (C=O) groups is 1. The average Bonchev–Trinajstić information content (AvgIpc) is 3.04. The van der Waals surface area contributed by atoms with E-state index in [4.69, 9.17) is 10.5 Å². The summed E-state index contributed by atoms with van der Waals surface area (Å²) in [5, 5.41) is 3.55. The van der Waals surface area contributed by atoms with Crippen molar-refractivity contribution >= 4 is 17.3 Å². The minimum Gasteiger partial charge on any atom is -0.462 e. The van der Waals surface area contributed by atoms with E-state index in [0.717, 1.165) is 17.5 Å². The van der Waals surface area contributed by atoms with E-state index in [0.29, 0.717) is 23.9 Å². The smallest absolute Gasteiger partial charge is 0.338 e. The molecule has 0 aliphatic heterocycles. The lowest BCUT2D eigenvalue weighted by Crippen LogP contribution is -2.26. The van der Waals surface area contributed by atoms with Gasteiger partial charge in [0, 0.05) is 6.04 Å². The van der Waals surface area contributed by atoms with E-state index in [1.54, 1.807) is 12.1 Å². The summed E-state index contributed by atoms with van der Waals surface area (Å²) in [5.74, 6) is 1.36. The first kappa shape index (κ1) is 13.3. The van der Waals surface area contributed by atoms with E-state index >= 15 is 0 Å². The summed E-state index contributed by atoms with van der Waals surface area (Å²) in [6.45, 7) is 2.20. The number of hydrogen-bond acceptors (Lipinski definition) is 4. The molecule has 3 N–H and O–H groups in total. The van der Waals surface area contributed by atoms with Crippen LogP contribution < -0.4 is 11.1 Å². The van der Waals surface area contributed by atoms with Gasteiger partial charge in [-0.05, 0) is 56.2 Å². The molecule has 0 radical (unpaired) electrons. The Balaban J connectivity index is 1.75. The number of anilines is 2. The normalized spacial score (nSPS) is 27.6. The highest BCUT2D eigenvalue weighted by Gasteiger charge is 2.39. The molecule has 2 aliphatic rings. The predicted octanol–water partition coefficient (Wildman–Crippen LogP) is 3.05. The van der Waals surface area contributed by atoms with E-state index in [1.807, 2.05) is 13.0 Å². The van der Waals surface area contributed by atoms with Crippen LogP contribution in [-0.4, -0.2) is 18.6 Å². The van der Waals surface area contributed by atoms with Crippen LogP contribution in [0.1, 0.15) is 43.0 Å². The Labute approximate surface area is 119 Å². The molecule has 1 aromatic rings. The van der Waals surface area contributed by atoms with Gasteiger partial charge in [-0.3, -0.25) is 0 Å². The van der Waals surface area contributed by atoms with Crippen LogP contribution in [0.2, 0.25) is 0 Å². The van der Waals surface area contributed by atoms with Gasteiger partial charge in [0.25, 0.3) is 0 Å². The first-order valence-corrected chi connectivity index (χ1v) is 7.50. The van der Waals surface area contributed by atoms with Gasteiger partial charge in [0.05, 0.1) is 23.5 Å². The predicted molar refractivity (Wildman–Crippen MR) is 79.7 cm³/mol. The number of carbonyl (C=O) groups excluding carboxylic acids is 1. The molecule has 2 bridgehead atoms. The van der Waals surface area contributed by atoms with E-state index in [-0.39, 0.29) is 5.97 Å². The van der Waals surface area contributed by atoms with Crippen LogP contribution in [-0.2, 0) is 4.74 Å². The van der Waals surface area contributed by atoms with Crippen LogP contribution in [0.15, 0.2) is 18.2 Å². The Morgan fingerprint density at radius 2 is 2.25 bits per heavy atom. The maximum Gasteiger partial charge on any atom is 0.338 e. The molecule has 0 aromatic heterocycles. The topological polar surface area (TPSA) is 64.3 Å². The number of rotatable bonds is 4. The maximum atomic E-state index is 11.8. The van der Waals surface area contributed by atoms with Gasteiger partial charge >= 0.3 is 5.97 Å². The quantitative estimate of drug-likeness (QED) is 0.654. The summed E-state index contributed by atoms with van der Waals surface area (Å²) in [6, 6.07) is 5.83. The lowest BCUT2D eigenvalue weighted by atomic mass is 9.95. The zero-order chi connectivity index (χ0) is 14.1. The second-order valence-corrected chi connectivity index (χ2v) is 5.95. The van der Waals surface area contributed by atoms with Crippen LogP contribution in [0.25, 0.3) is 0 Å². The summed E-state index contributed by atoms with van der Waals surface area (Å²) >= 11 is 0. The largest absolute Gasteiger partial charge is 0.462 e. The van der Waals surface area contributed by atoms with E-state index in [2.05, 4.69) is 5.32 Å². The Morgan fingerprint density at radius 1 is 1.40 bits per heavy atom. The number of ether oxygens (including phenoxy) is 1. The number of hydrogen-bond donors (Lipinski definition) is 2. The molecule has 0 heterocycles. The molecule has 3 atom stereocenters. The van der Waals surface area contributed by atoms with Crippen LogP contribution in [0, 0.1) is 11.8 Å². The molecule has 20 heavy (non-hydrogen) atoms. The number of benzene rings is 1. The average molecular weight is 274 g/mol. The molecule has 3 unspecified atom stereocenters. The van der Waals surface area contributed by atoms with Gasteiger partial charge in [-0.25, -0.2) is 4.79 Å². The SMILES string of the molecule is CCOC(=O)c1ccc(N)c(NC2CC3CCC2C3)c1. The minimum absolute atomic E-state index is 0.288. The maximum absolute atomic E-state index is 11.8. The molecule has 4 heteroatoms. The molecule has 2 aliphatic carbocycles. The summed E-state index contributed by atoms with van der Waals surface area (Å²) in [6.07, 6.45) is 5.27. The third-order valence-electron chi connectivity index (χ3n) is 4.64. The lowest BCUT2D eigenvalue weighted by molar-refractivity contribution is 0.0526. The molecular formula is C16H22N2O2. The molecular weight excluding hydrogens is 252 g/mol. The highest BCUT2D eigenvalue weighted by atomic mass is 16.5. The Bertz CT molecular complexity index is 515. The van der Waals surface area contributed by atoms with Gasteiger partial charge in [-0.15, -0.1) is 0 Å². The second-order valence-electron chi connectivity index (χ2n) is 5.95. The fourth-order valence-corrected chi connectivity index (χ4v) is 3.64. The van der Waals surface area contributed by atoms with Gasteiger partial charge < -0.3 is 15.8 Å². The molecule has 0 saturated heterocycles. The molecule has 3 rings (SSSR count). The Hall–Kier alpha value is -1.71. The molecule has 4 nitrogen and oxygen atoms in total. The number of nitrogen functional groups attached to an aromatic ring is 1. The van der Waals surface area contributed by atoms with Crippen molar-refractivity contribution in [3.63, 3.8) is 0 Å². The summed E-state index contributed by atoms with van der Waals surface area (Å²) in [7, 11) is 0. The summed E-state index contributed by atoms with van der Waals surface area (Å²) < 4.78 is 5.03. The van der Waals surface area contributed by atoms with Gasteiger partial charge in [-0.1, -0.05) is 6.42 Å². The third kappa shape index (κ3) is 2.47. The van der Waals surface area contributed by atoms with Crippen molar-refractivity contribution in [2.75, 3.05) is 17.7 Å². The standard InChI is InChI=1S/C16H22N2O2/c1-2-20-16(19)12-5-6-13(17)15(9-12)18-14-8-10-3-4-11(14)7-10/h5-6,9-11,14,18H,2-4,7-8,17H2,1H3. The van der Waals surface area contributed by atoms with E-state index in [9.17, 15) is 4.79 Å². The van der Waals surface area contributed by atoms with E-state index in [1.165, 1.54) is 25.7 Å². The molecule has 2 saturated carbocycles. The lowest BCUT2D eigenvalue weighted by Gasteiger charge is -2.25. The Morgan fingerprint density at radius 3 is 2.90 bits per heavy atom. The van der Waals surface area contributed by atoms with Gasteiger partial charge in [0.2, 0.25) is 0 Å². The monoisotopic (exact) mass is 274 g/mol. The molecule has 1 aromatic carbocycles. The van der Waals surface area contributed by atoms with Crippen LogP contribution in [0.3, 0.4) is 0 Å². The fourth-order valence-electron chi connectivity index (χ4n) is 3.64.